The quantitative estimate of drug-likeness (QED) is 0.739. The van der Waals surface area contributed by atoms with Crippen molar-refractivity contribution in [2.24, 2.45) is 0 Å². The third-order valence-corrected chi connectivity index (χ3v) is 5.65. The molecule has 1 fully saturated rings. The molecule has 1 aromatic carbocycles. The summed E-state index contributed by atoms with van der Waals surface area (Å²) in [6.07, 6.45) is 6.97. The molecule has 5 nitrogen and oxygen atoms in total. The molecular formula is C23H28N4O. The van der Waals surface area contributed by atoms with Gasteiger partial charge < -0.3 is 14.8 Å². The fraction of sp³-hybridized carbons (Fsp3) is 0.391. The van der Waals surface area contributed by atoms with Crippen molar-refractivity contribution < 1.29 is 4.79 Å². The lowest BCUT2D eigenvalue weighted by atomic mass is 9.90. The molecule has 0 aliphatic carbocycles. The third-order valence-electron chi connectivity index (χ3n) is 5.65. The van der Waals surface area contributed by atoms with Gasteiger partial charge in [0.1, 0.15) is 5.65 Å². The molecule has 0 radical (unpaired) electrons. The molecule has 28 heavy (non-hydrogen) atoms. The molecule has 1 saturated heterocycles. The highest BCUT2D eigenvalue weighted by atomic mass is 16.2. The molecule has 1 aliphatic rings. The number of nitrogens with zero attached hydrogens (tertiary/aromatic N) is 3. The highest BCUT2D eigenvalue weighted by Crippen LogP contribution is 2.32. The first-order valence-corrected chi connectivity index (χ1v) is 10.1. The smallest absolute Gasteiger partial charge is 0.253 e. The van der Waals surface area contributed by atoms with E-state index in [1.165, 1.54) is 16.5 Å². The van der Waals surface area contributed by atoms with Crippen LogP contribution in [0.25, 0.3) is 11.0 Å². The molecule has 1 aliphatic heterocycles. The number of carbonyl (C=O) groups excluding carboxylic acids is 1. The number of likely N-dealkylation sites (tertiary alicyclic amines) is 1. The number of nitrogens with one attached hydrogen (secondary N) is 1. The van der Waals surface area contributed by atoms with Crippen LogP contribution < -0.4 is 0 Å². The average molecular weight is 377 g/mol. The van der Waals surface area contributed by atoms with Crippen LogP contribution in [0.3, 0.4) is 0 Å². The number of hydrogen-bond acceptors (Lipinski definition) is 3. The number of likely N-dealkylation sites (N-methyl/N-ethyl adjacent to an activating group) is 1. The first-order chi connectivity index (χ1) is 13.6. The van der Waals surface area contributed by atoms with Crippen LogP contribution in [-0.2, 0) is 6.42 Å². The topological polar surface area (TPSA) is 52.2 Å². The lowest BCUT2D eigenvalue weighted by molar-refractivity contribution is 0.0707. The van der Waals surface area contributed by atoms with E-state index in [9.17, 15) is 4.79 Å². The summed E-state index contributed by atoms with van der Waals surface area (Å²) in [6, 6.07) is 12.2. The molecule has 0 bridgehead atoms. The van der Waals surface area contributed by atoms with Crippen molar-refractivity contribution in [3.8, 4) is 0 Å². The molecule has 5 heteroatoms. The maximum absolute atomic E-state index is 13.2. The van der Waals surface area contributed by atoms with Gasteiger partial charge in [-0.05, 0) is 68.8 Å². The Kier molecular flexibility index (Phi) is 5.44. The highest BCUT2D eigenvalue weighted by molar-refractivity contribution is 5.94. The fourth-order valence-corrected chi connectivity index (χ4v) is 4.13. The maximum Gasteiger partial charge on any atom is 0.253 e. The summed E-state index contributed by atoms with van der Waals surface area (Å²) < 4.78 is 0. The van der Waals surface area contributed by atoms with E-state index in [1.807, 2.05) is 29.3 Å². The highest BCUT2D eigenvalue weighted by Gasteiger charge is 2.27. The summed E-state index contributed by atoms with van der Waals surface area (Å²) in [5.41, 5.74) is 4.23. The second-order valence-corrected chi connectivity index (χ2v) is 7.99. The zero-order valence-corrected chi connectivity index (χ0v) is 16.7. The third kappa shape index (κ3) is 3.94. The Bertz CT molecular complexity index is 962. The van der Waals surface area contributed by atoms with Crippen molar-refractivity contribution in [3.63, 3.8) is 0 Å². The Morgan fingerprint density at radius 2 is 2.18 bits per heavy atom. The summed E-state index contributed by atoms with van der Waals surface area (Å²) in [6.45, 7) is 2.58. The monoisotopic (exact) mass is 376 g/mol. The van der Waals surface area contributed by atoms with E-state index >= 15 is 0 Å². The van der Waals surface area contributed by atoms with Crippen molar-refractivity contribution >= 4 is 16.9 Å². The number of fused-ring (bicyclic) bond motifs is 1. The fourth-order valence-electron chi connectivity index (χ4n) is 4.13. The van der Waals surface area contributed by atoms with Gasteiger partial charge in [0.25, 0.3) is 5.91 Å². The van der Waals surface area contributed by atoms with E-state index in [0.717, 1.165) is 50.1 Å². The minimum atomic E-state index is 0.148. The molecule has 3 aromatic rings. The second kappa shape index (κ2) is 8.15. The maximum atomic E-state index is 13.2. The predicted octanol–water partition coefficient (Wildman–Crippen LogP) is 3.69. The number of carbonyl (C=O) groups is 1. The van der Waals surface area contributed by atoms with E-state index < -0.39 is 0 Å². The Morgan fingerprint density at radius 3 is 3.04 bits per heavy atom. The van der Waals surface area contributed by atoms with Gasteiger partial charge in [-0.15, -0.1) is 0 Å². The van der Waals surface area contributed by atoms with Crippen molar-refractivity contribution in [1.82, 2.24) is 19.8 Å². The minimum absolute atomic E-state index is 0.148. The van der Waals surface area contributed by atoms with Crippen LogP contribution in [0.15, 0.2) is 48.8 Å². The van der Waals surface area contributed by atoms with E-state index in [1.54, 1.807) is 0 Å². The normalized spacial score (nSPS) is 17.4. The number of aromatic amines is 1. The van der Waals surface area contributed by atoms with Crippen LogP contribution in [0.1, 0.15) is 40.2 Å². The number of aromatic nitrogens is 2. The molecular weight excluding hydrogens is 348 g/mol. The van der Waals surface area contributed by atoms with Crippen LogP contribution in [-0.4, -0.2) is 59.4 Å². The summed E-state index contributed by atoms with van der Waals surface area (Å²) >= 11 is 0. The lowest BCUT2D eigenvalue weighted by Gasteiger charge is -2.33. The van der Waals surface area contributed by atoms with Crippen LogP contribution in [0.4, 0.5) is 0 Å². The number of pyridine rings is 1. The van der Waals surface area contributed by atoms with Gasteiger partial charge in [0, 0.05) is 48.9 Å². The minimum Gasteiger partial charge on any atom is -0.346 e. The van der Waals surface area contributed by atoms with E-state index in [4.69, 9.17) is 0 Å². The number of H-pyrrole nitrogens is 1. The zero-order valence-electron chi connectivity index (χ0n) is 16.7. The van der Waals surface area contributed by atoms with Crippen molar-refractivity contribution in [2.75, 3.05) is 33.7 Å². The molecule has 0 saturated carbocycles. The number of rotatable bonds is 5. The molecule has 0 spiro atoms. The Balaban J connectivity index is 1.50. The van der Waals surface area contributed by atoms with Gasteiger partial charge in [-0.3, -0.25) is 4.79 Å². The number of amides is 1. The van der Waals surface area contributed by atoms with Gasteiger partial charge in [-0.2, -0.15) is 0 Å². The van der Waals surface area contributed by atoms with Crippen molar-refractivity contribution in [2.45, 2.75) is 25.2 Å². The lowest BCUT2D eigenvalue weighted by Crippen LogP contribution is -2.39. The van der Waals surface area contributed by atoms with Gasteiger partial charge in [-0.1, -0.05) is 12.1 Å². The van der Waals surface area contributed by atoms with Gasteiger partial charge in [-0.25, -0.2) is 4.98 Å². The molecule has 1 N–H and O–H groups in total. The number of hydrogen-bond donors (Lipinski definition) is 1. The van der Waals surface area contributed by atoms with E-state index in [2.05, 4.69) is 53.4 Å². The molecule has 3 heterocycles. The number of benzene rings is 1. The summed E-state index contributed by atoms with van der Waals surface area (Å²) in [5, 5.41) is 1.17. The van der Waals surface area contributed by atoms with Crippen molar-refractivity contribution in [1.29, 1.82) is 0 Å². The first-order valence-electron chi connectivity index (χ1n) is 10.1. The molecule has 4 rings (SSSR count). The average Bonchev–Trinajstić information content (AvgIpc) is 3.16. The summed E-state index contributed by atoms with van der Waals surface area (Å²) in [7, 11) is 4.15. The second-order valence-electron chi connectivity index (χ2n) is 7.99. The molecule has 1 unspecified atom stereocenters. The number of piperidine rings is 1. The SMILES string of the molecule is CN(C)CCc1cccc(C(=O)N2CCCC(c3c[nH]c4ncccc34)C2)c1. The zero-order chi connectivity index (χ0) is 19.5. The Hall–Kier alpha value is -2.66. The standard InChI is InChI=1S/C23H28N4O/c1-26(2)13-10-17-6-3-7-18(14-17)23(28)27-12-5-8-19(16-27)21-15-25-22-20(21)9-4-11-24-22/h3-4,6-7,9,11,14-15,19H,5,8,10,12-13,16H2,1-2H3,(H,24,25). The van der Waals surface area contributed by atoms with Gasteiger partial charge in [0.2, 0.25) is 0 Å². The molecule has 2 aromatic heterocycles. The Labute approximate surface area is 166 Å². The van der Waals surface area contributed by atoms with Gasteiger partial charge in [0.15, 0.2) is 0 Å². The van der Waals surface area contributed by atoms with Crippen molar-refractivity contribution in [3.05, 3.63) is 65.5 Å². The van der Waals surface area contributed by atoms with Crippen LogP contribution >= 0.6 is 0 Å². The van der Waals surface area contributed by atoms with Crippen LogP contribution in [0.5, 0.6) is 0 Å². The Morgan fingerprint density at radius 1 is 1.29 bits per heavy atom. The predicted molar refractivity (Wildman–Crippen MR) is 113 cm³/mol. The van der Waals surface area contributed by atoms with E-state index in [0.29, 0.717) is 5.92 Å². The first kappa shape index (κ1) is 18.7. The van der Waals surface area contributed by atoms with Gasteiger partial charge in [0.05, 0.1) is 0 Å². The van der Waals surface area contributed by atoms with Crippen LogP contribution in [0, 0.1) is 0 Å². The van der Waals surface area contributed by atoms with E-state index in [-0.39, 0.29) is 5.91 Å². The largest absolute Gasteiger partial charge is 0.346 e. The summed E-state index contributed by atoms with van der Waals surface area (Å²) in [4.78, 5) is 25.0. The molecule has 1 atom stereocenters. The molecule has 146 valence electrons. The summed E-state index contributed by atoms with van der Waals surface area (Å²) in [5.74, 6) is 0.502. The van der Waals surface area contributed by atoms with Crippen LogP contribution in [0.2, 0.25) is 0 Å². The molecule has 1 amide bonds. The van der Waals surface area contributed by atoms with Gasteiger partial charge >= 0.3 is 0 Å².